The number of aryl methyl sites for hydroxylation is 1. The number of carbonyl (C=O) groups is 1. The first-order valence-electron chi connectivity index (χ1n) is 12.6. The summed E-state index contributed by atoms with van der Waals surface area (Å²) in [5.41, 5.74) is -0.0534. The number of ether oxygens (including phenoxy) is 1. The van der Waals surface area contributed by atoms with E-state index in [2.05, 4.69) is 15.0 Å². The summed E-state index contributed by atoms with van der Waals surface area (Å²) in [6.07, 6.45) is -4.95. The highest BCUT2D eigenvalue weighted by Gasteiger charge is 2.22. The van der Waals surface area contributed by atoms with Gasteiger partial charge in [-0.25, -0.2) is 4.79 Å². The summed E-state index contributed by atoms with van der Waals surface area (Å²) in [5, 5.41) is 2.29. The van der Waals surface area contributed by atoms with Gasteiger partial charge in [-0.05, 0) is 50.0 Å². The number of nitrogens with zero attached hydrogens (tertiary/aromatic N) is 1. The Kier molecular flexibility index (Phi) is 1.46. The minimum Gasteiger partial charge on any atom is -0.447 e. The molecule has 21 heavy (non-hydrogen) atoms. The number of amides is 1. The number of carbonyl (C=O) groups excluding carboxylic acids is 1. The van der Waals surface area contributed by atoms with E-state index in [0.717, 1.165) is 0 Å². The summed E-state index contributed by atoms with van der Waals surface area (Å²) in [6, 6.07) is 3.20. The Hall–Kier alpha value is -2.01. The van der Waals surface area contributed by atoms with Crippen molar-refractivity contribution < 1.29 is 27.4 Å². The van der Waals surface area contributed by atoms with Gasteiger partial charge >= 0.3 is 6.09 Å². The molecule has 112 valence electrons. The molecular formula is C16H21N3O2. The van der Waals surface area contributed by atoms with Crippen molar-refractivity contribution in [3.05, 3.63) is 35.5 Å². The van der Waals surface area contributed by atoms with Crippen molar-refractivity contribution in [1.82, 2.24) is 15.2 Å². The van der Waals surface area contributed by atoms with Gasteiger partial charge in [-0.15, -0.1) is 0 Å². The fourth-order valence-corrected chi connectivity index (χ4v) is 2.10. The molecule has 1 saturated heterocycles. The highest BCUT2D eigenvalue weighted by Crippen LogP contribution is 2.21. The average Bonchev–Trinajstić information content (AvgIpc) is 3.05. The molecule has 0 aliphatic carbocycles. The van der Waals surface area contributed by atoms with Crippen molar-refractivity contribution >= 4 is 17.0 Å². The van der Waals surface area contributed by atoms with Crippen LogP contribution in [0.25, 0.3) is 10.9 Å². The van der Waals surface area contributed by atoms with Crippen LogP contribution >= 0.6 is 0 Å². The Morgan fingerprint density at radius 3 is 3.29 bits per heavy atom. The van der Waals surface area contributed by atoms with E-state index in [4.69, 9.17) is 17.8 Å². The van der Waals surface area contributed by atoms with Gasteiger partial charge in [-0.1, -0.05) is 6.07 Å². The average molecular weight is 300 g/mol. The van der Waals surface area contributed by atoms with Crippen molar-refractivity contribution in [3.8, 4) is 0 Å². The second kappa shape index (κ2) is 5.77. The number of aromatic nitrogens is 1. The molecule has 1 aliphatic heterocycles. The van der Waals surface area contributed by atoms with Crippen LogP contribution in [0.15, 0.2) is 24.4 Å². The number of cyclic esters (lactones) is 1. The van der Waals surface area contributed by atoms with Crippen LogP contribution in [0.3, 0.4) is 0 Å². The number of nitrogens with one attached hydrogen (secondary N) is 2. The largest absolute Gasteiger partial charge is 0.447 e. The van der Waals surface area contributed by atoms with E-state index in [1.54, 1.807) is 0 Å². The van der Waals surface area contributed by atoms with Crippen molar-refractivity contribution in [3.63, 3.8) is 0 Å². The number of aromatic amines is 1. The Balaban J connectivity index is 2.12. The lowest BCUT2D eigenvalue weighted by molar-refractivity contribution is 0.177. The van der Waals surface area contributed by atoms with Crippen LogP contribution in [0.2, 0.25) is 0 Å². The zero-order chi connectivity index (χ0) is 26.1. The maximum absolute atomic E-state index is 11.4. The molecule has 1 amide bonds. The van der Waals surface area contributed by atoms with E-state index < -0.39 is 62.2 Å². The molecule has 0 saturated carbocycles. The van der Waals surface area contributed by atoms with Gasteiger partial charge in [0.25, 0.3) is 0 Å². The van der Waals surface area contributed by atoms with Crippen LogP contribution in [0, 0.1) is 0 Å². The molecule has 0 spiro atoms. The number of H-pyrrole nitrogens is 1. The molecular weight excluding hydrogens is 266 g/mol. The predicted octanol–water partition coefficient (Wildman–Crippen LogP) is 1.92. The molecule has 1 atom stereocenters. The molecule has 1 aromatic carbocycles. The van der Waals surface area contributed by atoms with Crippen molar-refractivity contribution in [2.45, 2.75) is 18.8 Å². The third-order valence-corrected chi connectivity index (χ3v) is 2.99. The zero-order valence-electron chi connectivity index (χ0n) is 23.8. The molecule has 2 N–H and O–H groups in total. The monoisotopic (exact) mass is 300 g/mol. The summed E-state index contributed by atoms with van der Waals surface area (Å²) in [6.45, 7) is -13.0. The summed E-state index contributed by atoms with van der Waals surface area (Å²) >= 11 is 0. The molecule has 0 bridgehead atoms. The van der Waals surface area contributed by atoms with Crippen LogP contribution < -0.4 is 5.32 Å². The highest BCUT2D eigenvalue weighted by molar-refractivity contribution is 5.84. The topological polar surface area (TPSA) is 57.4 Å². The third kappa shape index (κ3) is 3.19. The van der Waals surface area contributed by atoms with E-state index in [0.29, 0.717) is 5.56 Å². The maximum atomic E-state index is 11.4. The lowest BCUT2D eigenvalue weighted by Gasteiger charge is -2.09. The van der Waals surface area contributed by atoms with E-state index in [9.17, 15) is 4.79 Å². The van der Waals surface area contributed by atoms with E-state index >= 15 is 0 Å². The van der Waals surface area contributed by atoms with Gasteiger partial charge in [0.1, 0.15) is 6.56 Å². The standard InChI is InChI=1S/C16H21N3O2/c1-19(2)6-5-12-9-17-15-4-3-11(8-14(12)15)7-13-10-21-16(20)18-13/h3-4,8-9,13,17H,5-7,10H2,1-2H3,(H,18,20)/t13-/m0/s1/i1D3,2D3,5D2,6D2,9D,10D2. The molecule has 1 fully saturated rings. The number of benzene rings is 1. The summed E-state index contributed by atoms with van der Waals surface area (Å²) in [4.78, 5) is 13.5. The minimum atomic E-state index is -3.62. The van der Waals surface area contributed by atoms with Crippen molar-refractivity contribution in [2.75, 3.05) is 27.0 Å². The maximum Gasteiger partial charge on any atom is 0.407 e. The van der Waals surface area contributed by atoms with Crippen LogP contribution in [-0.4, -0.2) is 49.0 Å². The summed E-state index contributed by atoms with van der Waals surface area (Å²) in [7, 11) is 0. The number of fused-ring (bicyclic) bond motifs is 1. The first-order chi connectivity index (χ1) is 15.2. The molecule has 0 radical (unpaired) electrons. The lowest BCUT2D eigenvalue weighted by atomic mass is 10.0. The molecule has 2 heterocycles. The molecule has 5 heteroatoms. The van der Waals surface area contributed by atoms with Gasteiger partial charge in [0.2, 0.25) is 0 Å². The van der Waals surface area contributed by atoms with Crippen LogP contribution in [-0.2, 0) is 17.5 Å². The van der Waals surface area contributed by atoms with Crippen LogP contribution in [0.1, 0.15) is 28.9 Å². The smallest absolute Gasteiger partial charge is 0.407 e. The number of hydrogen-bond acceptors (Lipinski definition) is 3. The van der Waals surface area contributed by atoms with Gasteiger partial charge in [0, 0.05) is 37.3 Å². The minimum absolute atomic E-state index is 0.0294. The normalized spacial score (nSPS) is 32.3. The number of likely N-dealkylation sites (N-methyl/N-ethyl adjacent to an activating group) is 1. The van der Waals surface area contributed by atoms with Gasteiger partial charge in [0.05, 0.1) is 10.2 Å². The SMILES string of the molecule is [2H]c1[nH]c2ccc(C[C@@H]3NC(=O)OC3([2H])[2H])cc2c1C([2H])([2H])C([2H])([2H])N(C([2H])([2H])[2H])C([2H])([2H])[2H]. The molecule has 3 rings (SSSR count). The number of alkyl carbamates (subject to hydrolysis) is 1. The van der Waals surface area contributed by atoms with E-state index in [-0.39, 0.29) is 17.3 Å². The lowest BCUT2D eigenvalue weighted by Crippen LogP contribution is -2.28. The summed E-state index contributed by atoms with van der Waals surface area (Å²) < 4.78 is 107. The highest BCUT2D eigenvalue weighted by atomic mass is 16.6. The molecule has 5 nitrogen and oxygen atoms in total. The van der Waals surface area contributed by atoms with Crippen LogP contribution in [0.4, 0.5) is 4.79 Å². The van der Waals surface area contributed by atoms with Crippen molar-refractivity contribution in [1.29, 1.82) is 0 Å². The van der Waals surface area contributed by atoms with Gasteiger partial charge in [-0.2, -0.15) is 0 Å². The Bertz CT molecular complexity index is 1090. The molecule has 1 aromatic heterocycles. The van der Waals surface area contributed by atoms with Crippen LogP contribution in [0.5, 0.6) is 0 Å². The third-order valence-electron chi connectivity index (χ3n) is 2.99. The molecule has 0 unspecified atom stereocenters. The Morgan fingerprint density at radius 2 is 2.52 bits per heavy atom. The van der Waals surface area contributed by atoms with E-state index in [1.807, 2.05) is 0 Å². The van der Waals surface area contributed by atoms with Gasteiger partial charge in [-0.3, -0.25) is 0 Å². The predicted molar refractivity (Wildman–Crippen MR) is 82.5 cm³/mol. The summed E-state index contributed by atoms with van der Waals surface area (Å²) in [5.74, 6) is 0. The fourth-order valence-electron chi connectivity index (χ4n) is 2.10. The first-order valence-corrected chi connectivity index (χ1v) is 6.11. The Labute approximate surface area is 142 Å². The number of rotatable bonds is 5. The van der Waals surface area contributed by atoms with Gasteiger partial charge < -0.3 is 19.9 Å². The first kappa shape index (κ1) is 5.32. The van der Waals surface area contributed by atoms with Crippen molar-refractivity contribution in [2.24, 2.45) is 0 Å². The van der Waals surface area contributed by atoms with E-state index in [1.165, 1.54) is 18.2 Å². The zero-order valence-corrected chi connectivity index (χ0v) is 10.8. The molecule has 2 aromatic rings. The second-order valence-corrected chi connectivity index (χ2v) is 4.49. The fraction of sp³-hybridized carbons (Fsp3) is 0.438. The second-order valence-electron chi connectivity index (χ2n) is 4.49. The Morgan fingerprint density at radius 1 is 1.62 bits per heavy atom. The number of hydrogen-bond donors (Lipinski definition) is 2. The quantitative estimate of drug-likeness (QED) is 0.887. The van der Waals surface area contributed by atoms with Gasteiger partial charge in [0.15, 0.2) is 0 Å². The molecule has 1 aliphatic rings.